The number of hydrogen-bond acceptors (Lipinski definition) is 4. The third-order valence-electron chi connectivity index (χ3n) is 4.00. The van der Waals surface area contributed by atoms with Crippen molar-refractivity contribution in [2.75, 3.05) is 27.3 Å². The Bertz CT molecular complexity index is 760. The molecule has 0 saturated carbocycles. The molecule has 138 valence electrons. The largest absolute Gasteiger partial charge is 0.493 e. The van der Waals surface area contributed by atoms with Gasteiger partial charge < -0.3 is 20.1 Å². The molecule has 0 radical (unpaired) electrons. The van der Waals surface area contributed by atoms with Crippen molar-refractivity contribution in [2.45, 2.75) is 13.3 Å². The van der Waals surface area contributed by atoms with Gasteiger partial charge in [0.15, 0.2) is 11.5 Å². The molecule has 26 heavy (non-hydrogen) atoms. The summed E-state index contributed by atoms with van der Waals surface area (Å²) in [4.78, 5) is 23.8. The number of amides is 2. The summed E-state index contributed by atoms with van der Waals surface area (Å²) in [6.07, 6.45) is 0.657. The van der Waals surface area contributed by atoms with E-state index in [1.54, 1.807) is 38.5 Å². The highest BCUT2D eigenvalue weighted by molar-refractivity contribution is 5.96. The van der Waals surface area contributed by atoms with Crippen molar-refractivity contribution < 1.29 is 19.1 Å². The molecule has 2 aromatic carbocycles. The number of methoxy groups -OCH3 is 2. The first-order valence-electron chi connectivity index (χ1n) is 8.36. The van der Waals surface area contributed by atoms with Crippen LogP contribution in [0.3, 0.4) is 0 Å². The van der Waals surface area contributed by atoms with E-state index in [2.05, 4.69) is 10.6 Å². The van der Waals surface area contributed by atoms with E-state index in [-0.39, 0.29) is 18.4 Å². The molecule has 0 heterocycles. The van der Waals surface area contributed by atoms with Crippen LogP contribution in [-0.4, -0.2) is 39.1 Å². The Morgan fingerprint density at radius 3 is 2.27 bits per heavy atom. The molecule has 0 aromatic heterocycles. The van der Waals surface area contributed by atoms with Gasteiger partial charge in [-0.25, -0.2) is 0 Å². The van der Waals surface area contributed by atoms with Gasteiger partial charge in [-0.1, -0.05) is 18.2 Å². The molecule has 0 saturated heterocycles. The Balaban J connectivity index is 1.80. The highest BCUT2D eigenvalue weighted by atomic mass is 16.5. The van der Waals surface area contributed by atoms with Gasteiger partial charge in [0.1, 0.15) is 0 Å². The lowest BCUT2D eigenvalue weighted by Gasteiger charge is -2.13. The van der Waals surface area contributed by atoms with Gasteiger partial charge in [-0.2, -0.15) is 0 Å². The number of nitrogens with one attached hydrogen (secondary N) is 2. The van der Waals surface area contributed by atoms with E-state index in [0.717, 1.165) is 11.1 Å². The zero-order valence-electron chi connectivity index (χ0n) is 15.3. The first-order valence-corrected chi connectivity index (χ1v) is 8.36. The van der Waals surface area contributed by atoms with Crippen molar-refractivity contribution in [1.29, 1.82) is 0 Å². The van der Waals surface area contributed by atoms with Crippen LogP contribution in [-0.2, 0) is 11.2 Å². The molecule has 0 bridgehead atoms. The van der Waals surface area contributed by atoms with Crippen molar-refractivity contribution >= 4 is 11.8 Å². The summed E-state index contributed by atoms with van der Waals surface area (Å²) in [5.74, 6) is 0.847. The molecule has 2 aromatic rings. The van der Waals surface area contributed by atoms with Crippen LogP contribution in [0.2, 0.25) is 0 Å². The molecule has 0 aliphatic carbocycles. The Morgan fingerprint density at radius 1 is 0.962 bits per heavy atom. The number of hydrogen-bond donors (Lipinski definition) is 2. The number of ether oxygens (including phenoxy) is 2. The first kappa shape index (κ1) is 19.3. The monoisotopic (exact) mass is 356 g/mol. The van der Waals surface area contributed by atoms with Crippen LogP contribution in [0.5, 0.6) is 11.5 Å². The molecule has 2 amide bonds. The van der Waals surface area contributed by atoms with Gasteiger partial charge in [-0.15, -0.1) is 0 Å². The second-order valence-corrected chi connectivity index (χ2v) is 5.78. The minimum Gasteiger partial charge on any atom is -0.493 e. The average molecular weight is 356 g/mol. The van der Waals surface area contributed by atoms with Crippen molar-refractivity contribution in [3.8, 4) is 11.5 Å². The predicted octanol–water partition coefficient (Wildman–Crippen LogP) is 2.10. The molecule has 0 spiro atoms. The number of benzene rings is 2. The molecule has 0 fully saturated rings. The van der Waals surface area contributed by atoms with Gasteiger partial charge in [-0.3, -0.25) is 9.59 Å². The van der Waals surface area contributed by atoms with Gasteiger partial charge in [0.2, 0.25) is 5.91 Å². The summed E-state index contributed by atoms with van der Waals surface area (Å²) in [6.45, 7) is 2.40. The van der Waals surface area contributed by atoms with Crippen LogP contribution in [0.25, 0.3) is 0 Å². The van der Waals surface area contributed by atoms with Gasteiger partial charge in [0, 0.05) is 12.1 Å². The molecule has 6 heteroatoms. The predicted molar refractivity (Wildman–Crippen MR) is 99.8 cm³/mol. The third-order valence-corrected chi connectivity index (χ3v) is 4.00. The maximum Gasteiger partial charge on any atom is 0.251 e. The quantitative estimate of drug-likeness (QED) is 0.759. The molecule has 0 aliphatic rings. The number of rotatable bonds is 8. The molecule has 0 atom stereocenters. The number of carbonyl (C=O) groups is 2. The van der Waals surface area contributed by atoms with Gasteiger partial charge in [0.25, 0.3) is 5.91 Å². The number of carbonyl (C=O) groups excluding carboxylic acids is 2. The zero-order valence-corrected chi connectivity index (χ0v) is 15.3. The summed E-state index contributed by atoms with van der Waals surface area (Å²) in [5, 5.41) is 5.41. The molecule has 0 unspecified atom stereocenters. The van der Waals surface area contributed by atoms with E-state index >= 15 is 0 Å². The van der Waals surface area contributed by atoms with E-state index in [0.29, 0.717) is 30.0 Å². The van der Waals surface area contributed by atoms with E-state index in [4.69, 9.17) is 9.47 Å². The second kappa shape index (κ2) is 9.46. The molecule has 2 rings (SSSR count). The van der Waals surface area contributed by atoms with Crippen LogP contribution < -0.4 is 20.1 Å². The second-order valence-electron chi connectivity index (χ2n) is 5.78. The molecular weight excluding hydrogens is 332 g/mol. The molecular formula is C20H24N2O4. The molecule has 6 nitrogen and oxygen atoms in total. The smallest absolute Gasteiger partial charge is 0.251 e. The van der Waals surface area contributed by atoms with Crippen LogP contribution >= 0.6 is 0 Å². The lowest BCUT2D eigenvalue weighted by molar-refractivity contribution is -0.120. The Labute approximate surface area is 153 Å². The SMILES string of the molecule is COc1cc(C)c(CCNC(=O)CNC(=O)c2ccccc2)cc1OC. The normalized spacial score (nSPS) is 10.1. The van der Waals surface area contributed by atoms with Crippen molar-refractivity contribution in [3.05, 3.63) is 59.2 Å². The number of aryl methyl sites for hydroxylation is 1. The van der Waals surface area contributed by atoms with E-state index < -0.39 is 0 Å². The van der Waals surface area contributed by atoms with E-state index in [1.165, 1.54) is 0 Å². The van der Waals surface area contributed by atoms with Crippen LogP contribution in [0.1, 0.15) is 21.5 Å². The van der Waals surface area contributed by atoms with Crippen molar-refractivity contribution in [3.63, 3.8) is 0 Å². The highest BCUT2D eigenvalue weighted by Crippen LogP contribution is 2.30. The van der Waals surface area contributed by atoms with E-state index in [9.17, 15) is 9.59 Å². The summed E-state index contributed by atoms with van der Waals surface area (Å²) in [5.41, 5.74) is 2.66. The fourth-order valence-corrected chi connectivity index (χ4v) is 2.54. The van der Waals surface area contributed by atoms with E-state index in [1.807, 2.05) is 25.1 Å². The summed E-state index contributed by atoms with van der Waals surface area (Å²) in [6, 6.07) is 12.6. The molecule has 0 aliphatic heterocycles. The zero-order chi connectivity index (χ0) is 18.9. The van der Waals surface area contributed by atoms with Crippen LogP contribution in [0.15, 0.2) is 42.5 Å². The standard InChI is InChI=1S/C20H24N2O4/c1-14-11-17(25-2)18(26-3)12-16(14)9-10-21-19(23)13-22-20(24)15-7-5-4-6-8-15/h4-8,11-12H,9-10,13H2,1-3H3,(H,21,23)(H,22,24). The summed E-state index contributed by atoms with van der Waals surface area (Å²) >= 11 is 0. The van der Waals surface area contributed by atoms with Gasteiger partial charge in [0.05, 0.1) is 20.8 Å². The van der Waals surface area contributed by atoms with Crippen LogP contribution in [0, 0.1) is 6.92 Å². The Hall–Kier alpha value is -3.02. The van der Waals surface area contributed by atoms with Gasteiger partial charge in [-0.05, 0) is 48.7 Å². The van der Waals surface area contributed by atoms with Crippen LogP contribution in [0.4, 0.5) is 0 Å². The fraction of sp³-hybridized carbons (Fsp3) is 0.300. The lowest BCUT2D eigenvalue weighted by Crippen LogP contribution is -2.37. The summed E-state index contributed by atoms with van der Waals surface area (Å²) < 4.78 is 10.6. The topological polar surface area (TPSA) is 76.7 Å². The fourth-order valence-electron chi connectivity index (χ4n) is 2.54. The molecule has 2 N–H and O–H groups in total. The Kier molecular flexibility index (Phi) is 7.02. The third kappa shape index (κ3) is 5.24. The maximum atomic E-state index is 11.9. The van der Waals surface area contributed by atoms with Crippen molar-refractivity contribution in [1.82, 2.24) is 10.6 Å². The summed E-state index contributed by atoms with van der Waals surface area (Å²) in [7, 11) is 3.19. The minimum atomic E-state index is -0.267. The maximum absolute atomic E-state index is 11.9. The lowest BCUT2D eigenvalue weighted by atomic mass is 10.0. The first-order chi connectivity index (χ1) is 12.5. The van der Waals surface area contributed by atoms with Crippen molar-refractivity contribution in [2.24, 2.45) is 0 Å². The highest BCUT2D eigenvalue weighted by Gasteiger charge is 2.10. The average Bonchev–Trinajstić information content (AvgIpc) is 2.67. The van der Waals surface area contributed by atoms with Gasteiger partial charge >= 0.3 is 0 Å². The Morgan fingerprint density at radius 2 is 1.62 bits per heavy atom. The minimum absolute atomic E-state index is 0.0569.